The predicted molar refractivity (Wildman–Crippen MR) is 59.2 cm³/mol. The minimum Gasteiger partial charge on any atom is -0.481 e. The van der Waals surface area contributed by atoms with Gasteiger partial charge in [0.15, 0.2) is 0 Å². The highest BCUT2D eigenvalue weighted by Gasteiger charge is 2.20. The number of fused-ring (bicyclic) bond motifs is 1. The van der Waals surface area contributed by atoms with Crippen LogP contribution in [0.2, 0.25) is 0 Å². The number of carbonyl (C=O) groups is 1. The molecular formula is C12H15NO2. The van der Waals surface area contributed by atoms with Crippen molar-refractivity contribution in [2.24, 2.45) is 0 Å². The number of carboxylic acids is 1. The molecule has 0 aromatic heterocycles. The molecule has 0 fully saturated rings. The van der Waals surface area contributed by atoms with Crippen LogP contribution in [-0.2, 0) is 11.2 Å². The maximum atomic E-state index is 10.5. The molecule has 3 nitrogen and oxygen atoms in total. The molecule has 2 N–H and O–H groups in total. The van der Waals surface area contributed by atoms with Gasteiger partial charge >= 0.3 is 5.97 Å². The summed E-state index contributed by atoms with van der Waals surface area (Å²) in [6, 6.07) is 6.61. The van der Waals surface area contributed by atoms with Crippen molar-refractivity contribution in [1.82, 2.24) is 0 Å². The van der Waals surface area contributed by atoms with Crippen LogP contribution in [0.3, 0.4) is 0 Å². The largest absolute Gasteiger partial charge is 0.481 e. The van der Waals surface area contributed by atoms with Gasteiger partial charge in [0.2, 0.25) is 0 Å². The summed E-state index contributed by atoms with van der Waals surface area (Å²) >= 11 is 0. The SMILES string of the molecule is Cc1ccc2c(c1)CC(CCC(=O)O)N2. The highest BCUT2D eigenvalue weighted by atomic mass is 16.4. The summed E-state index contributed by atoms with van der Waals surface area (Å²) < 4.78 is 0. The number of rotatable bonds is 3. The topological polar surface area (TPSA) is 49.3 Å². The maximum Gasteiger partial charge on any atom is 0.303 e. The number of hydrogen-bond acceptors (Lipinski definition) is 2. The predicted octanol–water partition coefficient (Wildman–Crippen LogP) is 2.20. The third kappa shape index (κ3) is 2.29. The summed E-state index contributed by atoms with van der Waals surface area (Å²) in [6.45, 7) is 2.07. The number of nitrogens with one attached hydrogen (secondary N) is 1. The van der Waals surface area contributed by atoms with E-state index in [1.165, 1.54) is 11.1 Å². The van der Waals surface area contributed by atoms with E-state index in [0.29, 0.717) is 6.42 Å². The van der Waals surface area contributed by atoms with Gasteiger partial charge in [-0.15, -0.1) is 0 Å². The smallest absolute Gasteiger partial charge is 0.303 e. The molecule has 3 heteroatoms. The molecule has 0 aliphatic carbocycles. The second kappa shape index (κ2) is 3.93. The van der Waals surface area contributed by atoms with Gasteiger partial charge in [-0.05, 0) is 31.4 Å². The van der Waals surface area contributed by atoms with E-state index in [0.717, 1.165) is 12.1 Å². The quantitative estimate of drug-likeness (QED) is 0.795. The standard InChI is InChI=1S/C12H15NO2/c1-8-2-4-11-9(6-8)7-10(13-11)3-5-12(14)15/h2,4,6,10,13H,3,5,7H2,1H3,(H,14,15). The zero-order valence-corrected chi connectivity index (χ0v) is 8.79. The molecule has 0 saturated heterocycles. The van der Waals surface area contributed by atoms with Gasteiger partial charge in [0.25, 0.3) is 0 Å². The Balaban J connectivity index is 2.00. The molecule has 1 heterocycles. The van der Waals surface area contributed by atoms with Crippen LogP contribution < -0.4 is 5.32 Å². The van der Waals surface area contributed by atoms with Gasteiger partial charge in [0.05, 0.1) is 0 Å². The number of anilines is 1. The van der Waals surface area contributed by atoms with Crippen molar-refractivity contribution in [3.8, 4) is 0 Å². The van der Waals surface area contributed by atoms with E-state index in [-0.39, 0.29) is 12.5 Å². The molecule has 1 unspecified atom stereocenters. The van der Waals surface area contributed by atoms with Gasteiger partial charge in [-0.25, -0.2) is 0 Å². The Morgan fingerprint density at radius 2 is 2.40 bits per heavy atom. The van der Waals surface area contributed by atoms with Crippen molar-refractivity contribution in [3.05, 3.63) is 29.3 Å². The van der Waals surface area contributed by atoms with Crippen LogP contribution in [0.1, 0.15) is 24.0 Å². The molecule has 0 amide bonds. The number of aliphatic carboxylic acids is 1. The highest BCUT2D eigenvalue weighted by molar-refractivity contribution is 5.67. The second-order valence-electron chi connectivity index (χ2n) is 4.14. The first-order valence-electron chi connectivity index (χ1n) is 5.23. The normalized spacial score (nSPS) is 18.3. The first-order chi connectivity index (χ1) is 7.15. The number of benzene rings is 1. The summed E-state index contributed by atoms with van der Waals surface area (Å²) in [6.07, 6.45) is 1.89. The van der Waals surface area contributed by atoms with Gasteiger partial charge in [-0.2, -0.15) is 0 Å². The zero-order valence-electron chi connectivity index (χ0n) is 8.79. The molecule has 0 saturated carbocycles. The van der Waals surface area contributed by atoms with Crippen molar-refractivity contribution >= 4 is 11.7 Å². The molecule has 1 aliphatic heterocycles. The molecule has 1 atom stereocenters. The Hall–Kier alpha value is -1.51. The van der Waals surface area contributed by atoms with Gasteiger partial charge < -0.3 is 10.4 Å². The minimum absolute atomic E-state index is 0.241. The first kappa shape index (κ1) is 10.0. The van der Waals surface area contributed by atoms with Gasteiger partial charge in [0.1, 0.15) is 0 Å². The Kier molecular flexibility index (Phi) is 2.62. The summed E-state index contributed by atoms with van der Waals surface area (Å²) in [5.41, 5.74) is 3.73. The van der Waals surface area contributed by atoms with Crippen LogP contribution in [0.15, 0.2) is 18.2 Å². The van der Waals surface area contributed by atoms with Crippen molar-refractivity contribution in [3.63, 3.8) is 0 Å². The highest BCUT2D eigenvalue weighted by Crippen LogP contribution is 2.28. The lowest BCUT2D eigenvalue weighted by molar-refractivity contribution is -0.137. The summed E-state index contributed by atoms with van der Waals surface area (Å²) in [5, 5.41) is 12.0. The zero-order chi connectivity index (χ0) is 10.8. The molecule has 0 radical (unpaired) electrons. The average molecular weight is 205 g/mol. The lowest BCUT2D eigenvalue weighted by Gasteiger charge is -2.08. The molecule has 0 bridgehead atoms. The van der Waals surface area contributed by atoms with Crippen LogP contribution in [0.4, 0.5) is 5.69 Å². The monoisotopic (exact) mass is 205 g/mol. The van der Waals surface area contributed by atoms with E-state index in [9.17, 15) is 4.79 Å². The molecule has 1 aromatic rings. The van der Waals surface area contributed by atoms with Crippen molar-refractivity contribution in [2.45, 2.75) is 32.2 Å². The molecule has 2 rings (SSSR count). The number of aryl methyl sites for hydroxylation is 1. The Morgan fingerprint density at radius 3 is 3.13 bits per heavy atom. The summed E-state index contributed by atoms with van der Waals surface area (Å²) in [5.74, 6) is -0.719. The van der Waals surface area contributed by atoms with E-state index >= 15 is 0 Å². The summed E-state index contributed by atoms with van der Waals surface area (Å²) in [7, 11) is 0. The fourth-order valence-electron chi connectivity index (χ4n) is 2.04. The average Bonchev–Trinajstić information content (AvgIpc) is 2.56. The number of carboxylic acid groups (broad SMARTS) is 1. The molecule has 0 spiro atoms. The van der Waals surface area contributed by atoms with Crippen LogP contribution in [0.5, 0.6) is 0 Å². The van der Waals surface area contributed by atoms with Gasteiger partial charge in [-0.3, -0.25) is 4.79 Å². The fraction of sp³-hybridized carbons (Fsp3) is 0.417. The van der Waals surface area contributed by atoms with Crippen molar-refractivity contribution < 1.29 is 9.90 Å². The van der Waals surface area contributed by atoms with Crippen molar-refractivity contribution in [2.75, 3.05) is 5.32 Å². The van der Waals surface area contributed by atoms with E-state index < -0.39 is 5.97 Å². The van der Waals surface area contributed by atoms with Crippen molar-refractivity contribution in [1.29, 1.82) is 0 Å². The van der Waals surface area contributed by atoms with Gasteiger partial charge in [0, 0.05) is 18.2 Å². The lowest BCUT2D eigenvalue weighted by atomic mass is 10.0. The summed E-state index contributed by atoms with van der Waals surface area (Å²) in [4.78, 5) is 10.5. The second-order valence-corrected chi connectivity index (χ2v) is 4.14. The van der Waals surface area contributed by atoms with Crippen LogP contribution in [0.25, 0.3) is 0 Å². The first-order valence-corrected chi connectivity index (χ1v) is 5.23. The third-order valence-electron chi connectivity index (χ3n) is 2.79. The Morgan fingerprint density at radius 1 is 1.60 bits per heavy atom. The number of hydrogen-bond donors (Lipinski definition) is 2. The van der Waals surface area contributed by atoms with Crippen LogP contribution in [0, 0.1) is 6.92 Å². The van der Waals surface area contributed by atoms with E-state index in [2.05, 4.69) is 30.4 Å². The van der Waals surface area contributed by atoms with Crippen LogP contribution in [-0.4, -0.2) is 17.1 Å². The molecule has 15 heavy (non-hydrogen) atoms. The third-order valence-corrected chi connectivity index (χ3v) is 2.79. The van der Waals surface area contributed by atoms with E-state index in [1.54, 1.807) is 0 Å². The van der Waals surface area contributed by atoms with Gasteiger partial charge in [-0.1, -0.05) is 17.7 Å². The van der Waals surface area contributed by atoms with E-state index in [4.69, 9.17) is 5.11 Å². The Bertz CT molecular complexity index is 387. The molecular weight excluding hydrogens is 190 g/mol. The molecule has 1 aromatic carbocycles. The molecule has 1 aliphatic rings. The fourth-order valence-corrected chi connectivity index (χ4v) is 2.04. The maximum absolute atomic E-state index is 10.5. The Labute approximate surface area is 89.1 Å². The lowest BCUT2D eigenvalue weighted by Crippen LogP contribution is -2.16. The van der Waals surface area contributed by atoms with E-state index in [1.807, 2.05) is 0 Å². The van der Waals surface area contributed by atoms with Crippen LogP contribution >= 0.6 is 0 Å². The molecule has 80 valence electrons. The minimum atomic E-state index is -0.719.